The lowest BCUT2D eigenvalue weighted by atomic mass is 10.2. The molecule has 4 nitrogen and oxygen atoms in total. The summed E-state index contributed by atoms with van der Waals surface area (Å²) in [6.07, 6.45) is 6.31. The molecule has 0 radical (unpaired) electrons. The van der Waals surface area contributed by atoms with Crippen LogP contribution in [-0.2, 0) is 0 Å². The Balaban J connectivity index is 1.80. The molecule has 0 aliphatic heterocycles. The minimum absolute atomic E-state index is 0.556. The Labute approximate surface area is 116 Å². The van der Waals surface area contributed by atoms with E-state index in [1.165, 1.54) is 17.7 Å². The van der Waals surface area contributed by atoms with Gasteiger partial charge < -0.3 is 11.1 Å². The average Bonchev–Trinajstić information content (AvgIpc) is 3.23. The number of rotatable bonds is 4. The number of thioether (sulfide) groups is 1. The number of nitrogen functional groups attached to an aromatic ring is 1. The van der Waals surface area contributed by atoms with Crippen LogP contribution in [0, 0.1) is 0 Å². The van der Waals surface area contributed by atoms with Gasteiger partial charge in [0.05, 0.1) is 0 Å². The topological polar surface area (TPSA) is 63.8 Å². The monoisotopic (exact) mass is 272 g/mol. The van der Waals surface area contributed by atoms with Crippen LogP contribution >= 0.6 is 11.8 Å². The second-order valence-corrected chi connectivity index (χ2v) is 5.55. The van der Waals surface area contributed by atoms with E-state index in [0.717, 1.165) is 11.3 Å². The van der Waals surface area contributed by atoms with Gasteiger partial charge in [0.2, 0.25) is 5.95 Å². The summed E-state index contributed by atoms with van der Waals surface area (Å²) in [6, 6.07) is 8.14. The number of hydrogen-bond acceptors (Lipinski definition) is 5. The zero-order valence-corrected chi connectivity index (χ0v) is 11.6. The summed E-state index contributed by atoms with van der Waals surface area (Å²) in [6.45, 7) is 0. The second-order valence-electron chi connectivity index (χ2n) is 4.67. The number of nitrogens with two attached hydrogens (primary N) is 1. The Bertz CT molecular complexity index is 596. The van der Waals surface area contributed by atoms with E-state index < -0.39 is 0 Å². The van der Waals surface area contributed by atoms with Crippen LogP contribution < -0.4 is 11.1 Å². The lowest BCUT2D eigenvalue weighted by Crippen LogP contribution is -2.03. The Kier molecular flexibility index (Phi) is 3.29. The van der Waals surface area contributed by atoms with Gasteiger partial charge in [-0.2, -0.15) is 4.98 Å². The lowest BCUT2D eigenvalue weighted by molar-refractivity contribution is 1.05. The molecule has 1 aliphatic rings. The second kappa shape index (κ2) is 5.09. The Hall–Kier alpha value is -1.75. The summed E-state index contributed by atoms with van der Waals surface area (Å²) >= 11 is 1.71. The van der Waals surface area contributed by atoms with Gasteiger partial charge in [0, 0.05) is 22.3 Å². The van der Waals surface area contributed by atoms with Crippen molar-refractivity contribution in [3.8, 4) is 0 Å². The van der Waals surface area contributed by atoms with Crippen molar-refractivity contribution in [1.29, 1.82) is 0 Å². The van der Waals surface area contributed by atoms with Crippen LogP contribution in [0.5, 0.6) is 0 Å². The fourth-order valence-electron chi connectivity index (χ4n) is 2.00. The van der Waals surface area contributed by atoms with E-state index in [1.807, 2.05) is 18.3 Å². The van der Waals surface area contributed by atoms with Crippen molar-refractivity contribution >= 4 is 29.2 Å². The van der Waals surface area contributed by atoms with E-state index in [4.69, 9.17) is 5.73 Å². The summed E-state index contributed by atoms with van der Waals surface area (Å²) in [7, 11) is 0. The minimum Gasteiger partial charge on any atom is -0.383 e. The molecule has 1 fully saturated rings. The maximum Gasteiger partial charge on any atom is 0.229 e. The van der Waals surface area contributed by atoms with Crippen molar-refractivity contribution < 1.29 is 0 Å². The molecule has 19 heavy (non-hydrogen) atoms. The van der Waals surface area contributed by atoms with E-state index in [9.17, 15) is 0 Å². The first-order chi connectivity index (χ1) is 9.26. The first kappa shape index (κ1) is 12.3. The Morgan fingerprint density at radius 1 is 1.37 bits per heavy atom. The summed E-state index contributed by atoms with van der Waals surface area (Å²) in [5.74, 6) is 1.73. The van der Waals surface area contributed by atoms with Gasteiger partial charge in [-0.25, -0.2) is 4.98 Å². The lowest BCUT2D eigenvalue weighted by Gasteiger charge is -2.08. The van der Waals surface area contributed by atoms with Gasteiger partial charge in [0.15, 0.2) is 0 Å². The number of aromatic nitrogens is 2. The summed E-state index contributed by atoms with van der Waals surface area (Å²) in [5, 5.41) is 3.19. The number of hydrogen-bond donors (Lipinski definition) is 2. The van der Waals surface area contributed by atoms with Crippen molar-refractivity contribution in [3.05, 3.63) is 36.0 Å². The van der Waals surface area contributed by atoms with E-state index in [-0.39, 0.29) is 0 Å². The third-order valence-electron chi connectivity index (χ3n) is 3.19. The fraction of sp³-hybridized carbons (Fsp3) is 0.286. The van der Waals surface area contributed by atoms with Crippen LogP contribution in [0.15, 0.2) is 35.4 Å². The average molecular weight is 272 g/mol. The van der Waals surface area contributed by atoms with Crippen molar-refractivity contribution in [2.45, 2.75) is 23.7 Å². The third-order valence-corrected chi connectivity index (χ3v) is 3.92. The normalized spacial score (nSPS) is 14.4. The molecule has 1 aromatic carbocycles. The van der Waals surface area contributed by atoms with Crippen LogP contribution in [0.3, 0.4) is 0 Å². The van der Waals surface area contributed by atoms with Crippen LogP contribution in [0.4, 0.5) is 17.5 Å². The molecule has 0 unspecified atom stereocenters. The van der Waals surface area contributed by atoms with Gasteiger partial charge in [-0.1, -0.05) is 6.07 Å². The maximum atomic E-state index is 5.98. The van der Waals surface area contributed by atoms with Crippen LogP contribution in [0.25, 0.3) is 0 Å². The van der Waals surface area contributed by atoms with Gasteiger partial charge in [-0.15, -0.1) is 11.8 Å². The molecule has 0 bridgehead atoms. The van der Waals surface area contributed by atoms with Crippen LogP contribution in [-0.4, -0.2) is 16.2 Å². The number of anilines is 3. The van der Waals surface area contributed by atoms with Crippen molar-refractivity contribution in [2.75, 3.05) is 17.3 Å². The molecule has 0 saturated heterocycles. The molecule has 5 heteroatoms. The number of benzene rings is 1. The smallest absolute Gasteiger partial charge is 0.229 e. The van der Waals surface area contributed by atoms with Gasteiger partial charge in [0.1, 0.15) is 5.82 Å². The molecule has 3 N–H and O–H groups in total. The molecular weight excluding hydrogens is 256 g/mol. The van der Waals surface area contributed by atoms with Crippen molar-refractivity contribution in [1.82, 2.24) is 9.97 Å². The highest BCUT2D eigenvalue weighted by Crippen LogP contribution is 2.42. The molecular formula is C14H16N4S. The first-order valence-corrected chi connectivity index (χ1v) is 7.52. The molecule has 1 heterocycles. The molecule has 1 aromatic heterocycles. The van der Waals surface area contributed by atoms with Crippen LogP contribution in [0.1, 0.15) is 24.3 Å². The predicted octanol–water partition coefficient (Wildman–Crippen LogP) is 3.40. The number of nitrogens with zero attached hydrogens (tertiary/aromatic N) is 2. The van der Waals surface area contributed by atoms with Gasteiger partial charge in [-0.3, -0.25) is 0 Å². The molecule has 1 aliphatic carbocycles. The van der Waals surface area contributed by atoms with Crippen LogP contribution in [0.2, 0.25) is 0 Å². The zero-order valence-electron chi connectivity index (χ0n) is 10.8. The highest BCUT2D eigenvalue weighted by atomic mass is 32.2. The van der Waals surface area contributed by atoms with Gasteiger partial charge in [-0.05, 0) is 43.2 Å². The maximum absolute atomic E-state index is 5.98. The predicted molar refractivity (Wildman–Crippen MR) is 79.9 cm³/mol. The van der Waals surface area contributed by atoms with E-state index in [0.29, 0.717) is 17.7 Å². The molecule has 2 aromatic rings. The summed E-state index contributed by atoms with van der Waals surface area (Å²) in [5.41, 5.74) is 8.04. The first-order valence-electron chi connectivity index (χ1n) is 6.30. The van der Waals surface area contributed by atoms with Crippen molar-refractivity contribution in [2.24, 2.45) is 0 Å². The Morgan fingerprint density at radius 2 is 2.21 bits per heavy atom. The third kappa shape index (κ3) is 2.81. The quantitative estimate of drug-likeness (QED) is 0.835. The van der Waals surface area contributed by atoms with Crippen molar-refractivity contribution in [3.63, 3.8) is 0 Å². The molecule has 3 rings (SSSR count). The SMILES string of the molecule is CSc1cccc(Nc2ncc(C3CC3)c(N)n2)c1. The largest absolute Gasteiger partial charge is 0.383 e. The van der Waals surface area contributed by atoms with E-state index >= 15 is 0 Å². The standard InChI is InChI=1S/C14H16N4S/c1-19-11-4-2-3-10(7-11)17-14-16-8-12(9-5-6-9)13(15)18-14/h2-4,7-9H,5-6H2,1H3,(H3,15,16,17,18). The number of nitrogens with one attached hydrogen (secondary N) is 1. The summed E-state index contributed by atoms with van der Waals surface area (Å²) in [4.78, 5) is 9.88. The molecule has 0 spiro atoms. The highest BCUT2D eigenvalue weighted by Gasteiger charge is 2.26. The van der Waals surface area contributed by atoms with Gasteiger partial charge >= 0.3 is 0 Å². The minimum atomic E-state index is 0.556. The summed E-state index contributed by atoms with van der Waals surface area (Å²) < 4.78 is 0. The molecule has 0 atom stereocenters. The van der Waals surface area contributed by atoms with Gasteiger partial charge in [0.25, 0.3) is 0 Å². The molecule has 1 saturated carbocycles. The van der Waals surface area contributed by atoms with E-state index in [2.05, 4.69) is 33.7 Å². The zero-order chi connectivity index (χ0) is 13.2. The highest BCUT2D eigenvalue weighted by molar-refractivity contribution is 7.98. The Morgan fingerprint density at radius 3 is 2.89 bits per heavy atom. The molecule has 98 valence electrons. The van der Waals surface area contributed by atoms with E-state index in [1.54, 1.807) is 11.8 Å². The fourth-order valence-corrected chi connectivity index (χ4v) is 2.46. The molecule has 0 amide bonds.